The monoisotopic (exact) mass is 252 g/mol. The second-order valence-electron chi connectivity index (χ2n) is 4.32. The maximum absolute atomic E-state index is 11.4. The molecule has 0 bridgehead atoms. The lowest BCUT2D eigenvalue weighted by atomic mass is 10.0. The molecule has 3 nitrogen and oxygen atoms in total. The number of likely N-dealkylation sites (N-methyl/N-ethyl adjacent to an activating group) is 1. The summed E-state index contributed by atoms with van der Waals surface area (Å²) in [5, 5.41) is 3.46. The van der Waals surface area contributed by atoms with Gasteiger partial charge >= 0.3 is 0 Å². The molecule has 2 rings (SSSR count). The largest absolute Gasteiger partial charge is 0.358 e. The number of hydrogen-bond donors (Lipinski definition) is 1. The van der Waals surface area contributed by atoms with Gasteiger partial charge in [-0.2, -0.15) is 0 Å². The molecule has 1 aliphatic heterocycles. The Morgan fingerprint density at radius 1 is 1.53 bits per heavy atom. The summed E-state index contributed by atoms with van der Waals surface area (Å²) in [7, 11) is 1.67. The Morgan fingerprint density at radius 3 is 3.00 bits per heavy atom. The van der Waals surface area contributed by atoms with Crippen LogP contribution in [-0.4, -0.2) is 30.9 Å². The van der Waals surface area contributed by atoms with Gasteiger partial charge in [-0.3, -0.25) is 9.69 Å². The van der Waals surface area contributed by atoms with Crippen LogP contribution in [0.5, 0.6) is 0 Å². The molecule has 1 aromatic rings. The van der Waals surface area contributed by atoms with Crippen molar-refractivity contribution in [1.29, 1.82) is 0 Å². The molecule has 1 unspecified atom stereocenters. The van der Waals surface area contributed by atoms with E-state index in [1.807, 2.05) is 18.2 Å². The van der Waals surface area contributed by atoms with E-state index < -0.39 is 0 Å². The van der Waals surface area contributed by atoms with Gasteiger partial charge < -0.3 is 5.32 Å². The average molecular weight is 253 g/mol. The quantitative estimate of drug-likeness (QED) is 0.895. The van der Waals surface area contributed by atoms with Crippen LogP contribution >= 0.6 is 11.6 Å². The molecular formula is C13H17ClN2O. The Labute approximate surface area is 107 Å². The van der Waals surface area contributed by atoms with Gasteiger partial charge in [-0.15, -0.1) is 0 Å². The molecule has 0 aliphatic carbocycles. The second kappa shape index (κ2) is 5.52. The van der Waals surface area contributed by atoms with E-state index in [0.29, 0.717) is 6.54 Å². The molecule has 4 heteroatoms. The van der Waals surface area contributed by atoms with Crippen molar-refractivity contribution in [3.05, 3.63) is 34.9 Å². The third-order valence-corrected chi connectivity index (χ3v) is 3.60. The maximum Gasteiger partial charge on any atom is 0.233 e. The van der Waals surface area contributed by atoms with Gasteiger partial charge in [0.1, 0.15) is 0 Å². The van der Waals surface area contributed by atoms with Crippen molar-refractivity contribution < 1.29 is 4.79 Å². The molecular weight excluding hydrogens is 236 g/mol. The SMILES string of the molecule is CNC(=O)CN1CCCC1c1ccccc1Cl. The Bertz CT molecular complexity index is 408. The first-order chi connectivity index (χ1) is 8.22. The van der Waals surface area contributed by atoms with E-state index in [0.717, 1.165) is 30.0 Å². The fourth-order valence-electron chi connectivity index (χ4n) is 2.38. The van der Waals surface area contributed by atoms with Gasteiger partial charge in [0.25, 0.3) is 0 Å². The third-order valence-electron chi connectivity index (χ3n) is 3.25. The first kappa shape index (κ1) is 12.4. The van der Waals surface area contributed by atoms with Crippen molar-refractivity contribution in [2.45, 2.75) is 18.9 Å². The van der Waals surface area contributed by atoms with Crippen LogP contribution in [0.25, 0.3) is 0 Å². The first-order valence-electron chi connectivity index (χ1n) is 5.91. The summed E-state index contributed by atoms with van der Waals surface area (Å²) in [5.41, 5.74) is 1.13. The summed E-state index contributed by atoms with van der Waals surface area (Å²) in [6, 6.07) is 8.17. The van der Waals surface area contributed by atoms with E-state index in [2.05, 4.69) is 16.3 Å². The highest BCUT2D eigenvalue weighted by molar-refractivity contribution is 6.31. The number of nitrogens with zero attached hydrogens (tertiary/aromatic N) is 1. The van der Waals surface area contributed by atoms with Crippen molar-refractivity contribution >= 4 is 17.5 Å². The molecule has 1 saturated heterocycles. The lowest BCUT2D eigenvalue weighted by Gasteiger charge is -2.24. The summed E-state index contributed by atoms with van der Waals surface area (Å²) in [6.07, 6.45) is 2.19. The molecule has 0 radical (unpaired) electrons. The molecule has 1 aromatic carbocycles. The van der Waals surface area contributed by atoms with Gasteiger partial charge in [0.05, 0.1) is 6.54 Å². The number of amides is 1. The fraction of sp³-hybridized carbons (Fsp3) is 0.462. The molecule has 92 valence electrons. The summed E-state index contributed by atoms with van der Waals surface area (Å²) < 4.78 is 0. The van der Waals surface area contributed by atoms with Crippen molar-refractivity contribution in [2.75, 3.05) is 20.1 Å². The van der Waals surface area contributed by atoms with Crippen molar-refractivity contribution in [3.8, 4) is 0 Å². The molecule has 1 heterocycles. The van der Waals surface area contributed by atoms with Crippen LogP contribution in [0, 0.1) is 0 Å². The van der Waals surface area contributed by atoms with Crippen LogP contribution in [0.15, 0.2) is 24.3 Å². The second-order valence-corrected chi connectivity index (χ2v) is 4.73. The predicted octanol–water partition coefficient (Wildman–Crippen LogP) is 2.22. The molecule has 0 spiro atoms. The number of rotatable bonds is 3. The minimum Gasteiger partial charge on any atom is -0.358 e. The van der Waals surface area contributed by atoms with Crippen LogP contribution in [0.3, 0.4) is 0 Å². The number of carbonyl (C=O) groups excluding carboxylic acids is 1. The number of carbonyl (C=O) groups is 1. The minimum atomic E-state index is 0.0592. The van der Waals surface area contributed by atoms with Crippen LogP contribution in [0.4, 0.5) is 0 Å². The van der Waals surface area contributed by atoms with Gasteiger partial charge in [0, 0.05) is 18.1 Å². The van der Waals surface area contributed by atoms with Crippen LogP contribution in [0.1, 0.15) is 24.4 Å². The number of benzene rings is 1. The standard InChI is InChI=1S/C13H17ClN2O/c1-15-13(17)9-16-8-4-7-12(16)10-5-2-3-6-11(10)14/h2-3,5-6,12H,4,7-9H2,1H3,(H,15,17). The molecule has 0 saturated carbocycles. The van der Waals surface area contributed by atoms with E-state index in [1.165, 1.54) is 0 Å². The van der Waals surface area contributed by atoms with E-state index >= 15 is 0 Å². The fourth-order valence-corrected chi connectivity index (χ4v) is 2.64. The van der Waals surface area contributed by atoms with Crippen LogP contribution in [0.2, 0.25) is 5.02 Å². The van der Waals surface area contributed by atoms with Crippen LogP contribution < -0.4 is 5.32 Å². The van der Waals surface area contributed by atoms with Crippen LogP contribution in [-0.2, 0) is 4.79 Å². The van der Waals surface area contributed by atoms with E-state index in [-0.39, 0.29) is 11.9 Å². The highest BCUT2D eigenvalue weighted by Gasteiger charge is 2.28. The highest BCUT2D eigenvalue weighted by Crippen LogP contribution is 2.35. The van der Waals surface area contributed by atoms with Crippen molar-refractivity contribution in [1.82, 2.24) is 10.2 Å². The number of halogens is 1. The maximum atomic E-state index is 11.4. The number of likely N-dealkylation sites (tertiary alicyclic amines) is 1. The first-order valence-corrected chi connectivity index (χ1v) is 6.29. The molecule has 1 fully saturated rings. The summed E-state index contributed by atoms with van der Waals surface area (Å²) in [4.78, 5) is 13.6. The number of nitrogens with one attached hydrogen (secondary N) is 1. The Hall–Kier alpha value is -1.06. The van der Waals surface area contributed by atoms with E-state index in [1.54, 1.807) is 7.05 Å². The summed E-state index contributed by atoms with van der Waals surface area (Å²) >= 11 is 6.21. The summed E-state index contributed by atoms with van der Waals surface area (Å²) in [5.74, 6) is 0.0592. The number of hydrogen-bond acceptors (Lipinski definition) is 2. The van der Waals surface area contributed by atoms with Gasteiger partial charge in [0.2, 0.25) is 5.91 Å². The Kier molecular flexibility index (Phi) is 4.02. The van der Waals surface area contributed by atoms with E-state index in [9.17, 15) is 4.79 Å². The zero-order valence-electron chi connectivity index (χ0n) is 9.95. The normalized spacial score (nSPS) is 20.5. The molecule has 1 atom stereocenters. The summed E-state index contributed by atoms with van der Waals surface area (Å²) in [6.45, 7) is 1.41. The lowest BCUT2D eigenvalue weighted by molar-refractivity contribution is -0.122. The highest BCUT2D eigenvalue weighted by atomic mass is 35.5. The van der Waals surface area contributed by atoms with Crippen molar-refractivity contribution in [2.24, 2.45) is 0 Å². The zero-order valence-corrected chi connectivity index (χ0v) is 10.7. The van der Waals surface area contributed by atoms with Gasteiger partial charge in [-0.1, -0.05) is 29.8 Å². The van der Waals surface area contributed by atoms with Gasteiger partial charge in [0.15, 0.2) is 0 Å². The molecule has 1 N–H and O–H groups in total. The predicted molar refractivity (Wildman–Crippen MR) is 69.1 cm³/mol. The molecule has 17 heavy (non-hydrogen) atoms. The van der Waals surface area contributed by atoms with Crippen molar-refractivity contribution in [3.63, 3.8) is 0 Å². The molecule has 1 aliphatic rings. The Morgan fingerprint density at radius 2 is 2.29 bits per heavy atom. The van der Waals surface area contributed by atoms with Gasteiger partial charge in [-0.05, 0) is 31.0 Å². The Balaban J connectivity index is 2.14. The van der Waals surface area contributed by atoms with Gasteiger partial charge in [-0.25, -0.2) is 0 Å². The smallest absolute Gasteiger partial charge is 0.233 e. The molecule has 0 aromatic heterocycles. The topological polar surface area (TPSA) is 32.3 Å². The lowest BCUT2D eigenvalue weighted by Crippen LogP contribution is -2.35. The average Bonchev–Trinajstić information content (AvgIpc) is 2.77. The third kappa shape index (κ3) is 2.79. The minimum absolute atomic E-state index is 0.0592. The zero-order chi connectivity index (χ0) is 12.3. The van der Waals surface area contributed by atoms with E-state index in [4.69, 9.17) is 11.6 Å². The molecule has 1 amide bonds.